The minimum atomic E-state index is -5.15. The molecule has 19 heteroatoms. The van der Waals surface area contributed by atoms with Crippen LogP contribution < -0.4 is 10.2 Å². The number of alkyl halides is 9. The van der Waals surface area contributed by atoms with Crippen molar-refractivity contribution in [2.45, 2.75) is 83.6 Å². The molecule has 3 aromatic rings. The predicted octanol–water partition coefficient (Wildman–Crippen LogP) is 7.92. The van der Waals surface area contributed by atoms with Gasteiger partial charge < -0.3 is 15.2 Å². The fourth-order valence-electron chi connectivity index (χ4n) is 5.56. The molecule has 2 N–H and O–H groups in total. The van der Waals surface area contributed by atoms with Crippen molar-refractivity contribution in [3.63, 3.8) is 0 Å². The number of nitrogens with one attached hydrogen (secondary N) is 1. The molecule has 0 spiro atoms. The molecule has 0 radical (unpaired) electrons. The average Bonchev–Trinajstić information content (AvgIpc) is 3.45. The summed E-state index contributed by atoms with van der Waals surface area (Å²) in [6.45, 7) is 5.65. The van der Waals surface area contributed by atoms with Crippen LogP contribution in [0.2, 0.25) is 0 Å². The third-order valence-electron chi connectivity index (χ3n) is 8.27. The number of amides is 1. The number of aromatic nitrogens is 4. The minimum absolute atomic E-state index is 0.00230. The molecule has 1 amide bonds. The molecule has 1 unspecified atom stereocenters. The summed E-state index contributed by atoms with van der Waals surface area (Å²) in [5, 5.41) is 24.6. The van der Waals surface area contributed by atoms with E-state index >= 15 is 0 Å². The largest absolute Gasteiger partial charge is 0.481 e. The Morgan fingerprint density at radius 3 is 2.04 bits per heavy atom. The number of rotatable bonds is 9. The van der Waals surface area contributed by atoms with Crippen LogP contribution in [0.5, 0.6) is 0 Å². The lowest BCUT2D eigenvalue weighted by molar-refractivity contribution is -0.150. The molecule has 268 valence electrons. The maximum absolute atomic E-state index is 13.7. The van der Waals surface area contributed by atoms with E-state index in [-0.39, 0.29) is 36.3 Å². The third-order valence-corrected chi connectivity index (χ3v) is 8.27. The standard InChI is InChI=1S/C30H31F9N6O4/c1-5-19-14-21(20-13-16(28(31,32)33)7-8-22(20)44(19)26(48)49-6-2)40-25-41-43-45(42-25)23(27(3,4)24(46)47)11-15-9-17(29(34,35)36)12-18(10-15)30(37,38)39/h7-10,12-13,19,21,23H,5-6,11,14H2,1-4H3,(H,40,42)(H,46,47)/t19-,21+,23?/m1/s1. The Labute approximate surface area is 273 Å². The second kappa shape index (κ2) is 13.4. The number of ether oxygens (including phenoxy) is 1. The van der Waals surface area contributed by atoms with Gasteiger partial charge in [0.25, 0.3) is 5.95 Å². The molecule has 1 aromatic heterocycles. The monoisotopic (exact) mass is 710 g/mol. The molecular weight excluding hydrogens is 679 g/mol. The van der Waals surface area contributed by atoms with Crippen LogP contribution in [0.25, 0.3) is 0 Å². The summed E-state index contributed by atoms with van der Waals surface area (Å²) >= 11 is 0. The van der Waals surface area contributed by atoms with Crippen LogP contribution in [0.15, 0.2) is 36.4 Å². The first-order valence-corrected chi connectivity index (χ1v) is 14.8. The van der Waals surface area contributed by atoms with Crippen LogP contribution in [0.3, 0.4) is 0 Å². The van der Waals surface area contributed by atoms with E-state index < -0.39 is 82.8 Å². The van der Waals surface area contributed by atoms with E-state index in [1.165, 1.54) is 18.7 Å². The smallest absolute Gasteiger partial charge is 0.416 e. The van der Waals surface area contributed by atoms with Gasteiger partial charge in [-0.3, -0.25) is 9.69 Å². The number of hydrogen-bond donors (Lipinski definition) is 2. The maximum Gasteiger partial charge on any atom is 0.416 e. The number of aliphatic carboxylic acids is 1. The predicted molar refractivity (Wildman–Crippen MR) is 154 cm³/mol. The van der Waals surface area contributed by atoms with Crippen LogP contribution in [-0.2, 0) is 34.5 Å². The van der Waals surface area contributed by atoms with Gasteiger partial charge in [-0.15, -0.1) is 5.10 Å². The van der Waals surface area contributed by atoms with Gasteiger partial charge in [-0.05, 0) is 92.8 Å². The number of carboxylic acids is 1. The normalized spacial score (nSPS) is 17.8. The van der Waals surface area contributed by atoms with Crippen molar-refractivity contribution in [1.82, 2.24) is 20.2 Å². The molecule has 0 aliphatic carbocycles. The Bertz CT molecular complexity index is 1650. The Kier molecular flexibility index (Phi) is 10.2. The molecule has 4 rings (SSSR count). The van der Waals surface area contributed by atoms with Crippen molar-refractivity contribution in [1.29, 1.82) is 0 Å². The van der Waals surface area contributed by atoms with Crippen molar-refractivity contribution in [2.75, 3.05) is 16.8 Å². The number of tetrazole rings is 1. The van der Waals surface area contributed by atoms with Crippen molar-refractivity contribution in [3.8, 4) is 0 Å². The SMILES string of the molecule is CCOC(=O)N1c2ccc(C(F)(F)F)cc2[C@@H](Nc2nnn(C(Cc3cc(C(F)(F)F)cc(C(F)(F)F)c3)C(C)(C)C(=O)O)n2)C[C@H]1CC. The lowest BCUT2D eigenvalue weighted by atomic mass is 9.81. The van der Waals surface area contributed by atoms with Gasteiger partial charge in [0.15, 0.2) is 0 Å². The van der Waals surface area contributed by atoms with E-state index in [4.69, 9.17) is 4.74 Å². The molecule has 3 atom stereocenters. The lowest BCUT2D eigenvalue weighted by Gasteiger charge is -2.40. The van der Waals surface area contributed by atoms with E-state index in [2.05, 4.69) is 20.7 Å². The van der Waals surface area contributed by atoms with E-state index in [9.17, 15) is 54.2 Å². The number of nitrogens with zero attached hydrogens (tertiary/aromatic N) is 5. The summed E-state index contributed by atoms with van der Waals surface area (Å²) in [4.78, 5) is 27.1. The molecule has 0 bridgehead atoms. The molecular formula is C30H31F9N6O4. The van der Waals surface area contributed by atoms with Crippen LogP contribution in [0.4, 0.5) is 55.9 Å². The van der Waals surface area contributed by atoms with E-state index in [0.29, 0.717) is 18.6 Å². The summed E-state index contributed by atoms with van der Waals surface area (Å²) in [6, 6.07) is 0.619. The lowest BCUT2D eigenvalue weighted by Crippen LogP contribution is -2.46. The molecule has 0 saturated heterocycles. The van der Waals surface area contributed by atoms with Crippen molar-refractivity contribution in [3.05, 3.63) is 64.2 Å². The second-order valence-electron chi connectivity index (χ2n) is 11.9. The first-order valence-electron chi connectivity index (χ1n) is 14.8. The van der Waals surface area contributed by atoms with Gasteiger partial charge in [-0.25, -0.2) is 4.79 Å². The van der Waals surface area contributed by atoms with Gasteiger partial charge in [0.2, 0.25) is 0 Å². The third kappa shape index (κ3) is 8.01. The summed E-state index contributed by atoms with van der Waals surface area (Å²) < 4.78 is 128. The maximum atomic E-state index is 13.7. The van der Waals surface area contributed by atoms with Crippen LogP contribution >= 0.6 is 0 Å². The number of carbonyl (C=O) groups is 2. The fraction of sp³-hybridized carbons (Fsp3) is 0.500. The highest BCUT2D eigenvalue weighted by Crippen LogP contribution is 2.44. The molecule has 2 heterocycles. The first kappa shape index (κ1) is 37.2. The molecule has 1 aliphatic heterocycles. The molecule has 0 saturated carbocycles. The highest BCUT2D eigenvalue weighted by Gasteiger charge is 2.43. The van der Waals surface area contributed by atoms with E-state index in [0.717, 1.165) is 23.0 Å². The zero-order valence-electron chi connectivity index (χ0n) is 26.3. The number of halogens is 9. The summed E-state index contributed by atoms with van der Waals surface area (Å²) in [6.07, 6.45) is -16.2. The minimum Gasteiger partial charge on any atom is -0.481 e. The summed E-state index contributed by atoms with van der Waals surface area (Å²) in [5.74, 6) is -1.82. The number of carboxylic acid groups (broad SMARTS) is 1. The van der Waals surface area contributed by atoms with Gasteiger partial charge in [0, 0.05) is 6.04 Å². The molecule has 2 aromatic carbocycles. The van der Waals surface area contributed by atoms with Crippen LogP contribution in [0, 0.1) is 5.41 Å². The van der Waals surface area contributed by atoms with Crippen LogP contribution in [-0.4, -0.2) is 50.0 Å². The van der Waals surface area contributed by atoms with Crippen molar-refractivity contribution < 1.29 is 58.9 Å². The molecule has 10 nitrogen and oxygen atoms in total. The highest BCUT2D eigenvalue weighted by molar-refractivity contribution is 5.90. The number of hydrogen-bond acceptors (Lipinski definition) is 7. The molecule has 0 fully saturated rings. The number of carbonyl (C=O) groups excluding carboxylic acids is 1. The number of benzene rings is 2. The zero-order valence-corrected chi connectivity index (χ0v) is 26.3. The number of fused-ring (bicyclic) bond motifs is 1. The van der Waals surface area contributed by atoms with Gasteiger partial charge in [-0.2, -0.15) is 44.3 Å². The quantitative estimate of drug-likeness (QED) is 0.215. The van der Waals surface area contributed by atoms with Gasteiger partial charge in [-0.1, -0.05) is 12.0 Å². The number of anilines is 2. The average molecular weight is 711 g/mol. The molecule has 1 aliphatic rings. The fourth-order valence-corrected chi connectivity index (χ4v) is 5.56. The van der Waals surface area contributed by atoms with Crippen molar-refractivity contribution in [2.24, 2.45) is 5.41 Å². The van der Waals surface area contributed by atoms with Crippen LogP contribution in [0.1, 0.15) is 80.4 Å². The van der Waals surface area contributed by atoms with E-state index in [1.54, 1.807) is 13.8 Å². The summed E-state index contributed by atoms with van der Waals surface area (Å²) in [7, 11) is 0. The molecule has 49 heavy (non-hydrogen) atoms. The summed E-state index contributed by atoms with van der Waals surface area (Å²) in [5.41, 5.74) is -6.49. The second-order valence-corrected chi connectivity index (χ2v) is 11.9. The zero-order chi connectivity index (χ0) is 36.7. The topological polar surface area (TPSA) is 122 Å². The first-order chi connectivity index (χ1) is 22.6. The van der Waals surface area contributed by atoms with E-state index in [1.807, 2.05) is 0 Å². The Morgan fingerprint density at radius 2 is 1.53 bits per heavy atom. The van der Waals surface area contributed by atoms with Gasteiger partial charge in [0.05, 0.1) is 46.5 Å². The highest BCUT2D eigenvalue weighted by atomic mass is 19.4. The van der Waals surface area contributed by atoms with Gasteiger partial charge in [0.1, 0.15) is 0 Å². The van der Waals surface area contributed by atoms with Crippen molar-refractivity contribution >= 4 is 23.7 Å². The Hall–Kier alpha value is -4.58. The Morgan fingerprint density at radius 1 is 0.939 bits per heavy atom. The Balaban J connectivity index is 1.76. The van der Waals surface area contributed by atoms with Gasteiger partial charge >= 0.3 is 30.6 Å².